The Hall–Kier alpha value is -2.37. The third-order valence-corrected chi connectivity index (χ3v) is 2.61. The van der Waals surface area contributed by atoms with E-state index >= 15 is 0 Å². The molecule has 0 unspecified atom stereocenters. The van der Waals surface area contributed by atoms with Crippen LogP contribution in [0.5, 0.6) is 0 Å². The number of aromatic nitrogens is 1. The van der Waals surface area contributed by atoms with E-state index in [1.807, 2.05) is 0 Å². The van der Waals surface area contributed by atoms with Crippen LogP contribution in [0.1, 0.15) is 16.1 Å². The molecule has 0 aliphatic heterocycles. The van der Waals surface area contributed by atoms with E-state index < -0.39 is 17.3 Å². The molecule has 2 rings (SSSR count). The second-order valence-electron chi connectivity index (χ2n) is 3.77. The summed E-state index contributed by atoms with van der Waals surface area (Å²) in [5.74, 6) is -1.25. The van der Waals surface area contributed by atoms with Crippen molar-refractivity contribution >= 4 is 11.6 Å². The molecule has 1 N–H and O–H groups in total. The van der Waals surface area contributed by atoms with Crippen LogP contribution in [-0.2, 0) is 7.05 Å². The van der Waals surface area contributed by atoms with Crippen molar-refractivity contribution < 1.29 is 13.7 Å². The van der Waals surface area contributed by atoms with Crippen LogP contribution in [0.15, 0.2) is 33.6 Å². The maximum absolute atomic E-state index is 13.4. The number of anilines is 1. The lowest BCUT2D eigenvalue weighted by Gasteiger charge is -2.04. The van der Waals surface area contributed by atoms with Crippen LogP contribution in [0.4, 0.5) is 10.1 Å². The number of benzene rings is 1. The highest BCUT2D eigenvalue weighted by atomic mass is 19.1. The Balaban J connectivity index is 2.34. The monoisotopic (exact) mass is 250 g/mol. The lowest BCUT2D eigenvalue weighted by atomic mass is 10.2. The lowest BCUT2D eigenvalue weighted by Crippen LogP contribution is -2.20. The fourth-order valence-corrected chi connectivity index (χ4v) is 1.55. The number of carbonyl (C=O) groups is 1. The molecule has 1 amide bonds. The van der Waals surface area contributed by atoms with E-state index in [1.165, 1.54) is 30.0 Å². The third-order valence-electron chi connectivity index (χ3n) is 2.61. The molecule has 0 fully saturated rings. The van der Waals surface area contributed by atoms with Crippen molar-refractivity contribution in [1.29, 1.82) is 0 Å². The topological polar surface area (TPSA) is 64.2 Å². The zero-order valence-electron chi connectivity index (χ0n) is 9.86. The molecule has 18 heavy (non-hydrogen) atoms. The summed E-state index contributed by atoms with van der Waals surface area (Å²) < 4.78 is 19.3. The second kappa shape index (κ2) is 4.48. The van der Waals surface area contributed by atoms with Crippen molar-refractivity contribution in [3.63, 3.8) is 0 Å². The number of nitrogens with one attached hydrogen (secondary N) is 1. The quantitative estimate of drug-likeness (QED) is 0.881. The summed E-state index contributed by atoms with van der Waals surface area (Å²) in [5.41, 5.74) is -0.469. The van der Waals surface area contributed by atoms with Gasteiger partial charge in [0.05, 0.1) is 11.4 Å². The van der Waals surface area contributed by atoms with Crippen LogP contribution in [0.25, 0.3) is 0 Å². The van der Waals surface area contributed by atoms with E-state index in [1.54, 1.807) is 13.0 Å². The molecule has 0 saturated carbocycles. The van der Waals surface area contributed by atoms with Gasteiger partial charge >= 0.3 is 5.63 Å². The van der Waals surface area contributed by atoms with Gasteiger partial charge in [-0.25, -0.2) is 13.9 Å². The lowest BCUT2D eigenvalue weighted by molar-refractivity contribution is 0.102. The molecule has 2 aromatic rings. The van der Waals surface area contributed by atoms with Gasteiger partial charge in [-0.3, -0.25) is 4.79 Å². The molecule has 1 heterocycles. The van der Waals surface area contributed by atoms with Crippen molar-refractivity contribution in [3.8, 4) is 0 Å². The van der Waals surface area contributed by atoms with Crippen molar-refractivity contribution in [2.24, 2.45) is 7.05 Å². The molecule has 1 aromatic carbocycles. The highest BCUT2D eigenvalue weighted by Gasteiger charge is 2.20. The van der Waals surface area contributed by atoms with Crippen molar-refractivity contribution in [1.82, 2.24) is 4.74 Å². The number of para-hydroxylation sites is 1. The van der Waals surface area contributed by atoms with E-state index in [0.717, 1.165) is 0 Å². The molecular weight excluding hydrogens is 239 g/mol. The van der Waals surface area contributed by atoms with E-state index in [0.29, 0.717) is 5.69 Å². The SMILES string of the molecule is Cc1c(C(=O)Nc2ccccc2F)c(=O)on1C. The summed E-state index contributed by atoms with van der Waals surface area (Å²) >= 11 is 0. The molecule has 0 bridgehead atoms. The standard InChI is InChI=1S/C12H11FN2O3/c1-7-10(12(17)18-15(7)2)11(16)14-9-6-4-3-5-8(9)13/h3-6H,1-2H3,(H,14,16). The fourth-order valence-electron chi connectivity index (χ4n) is 1.55. The van der Waals surface area contributed by atoms with Gasteiger partial charge in [-0.2, -0.15) is 0 Å². The minimum atomic E-state index is -0.746. The molecular formula is C12H11FN2O3. The Bertz CT molecular complexity index is 658. The summed E-state index contributed by atoms with van der Waals surface area (Å²) in [6.07, 6.45) is 0. The first-order chi connectivity index (χ1) is 8.50. The van der Waals surface area contributed by atoms with Gasteiger partial charge in [0.15, 0.2) is 0 Å². The molecule has 0 aliphatic carbocycles. The van der Waals surface area contributed by atoms with E-state index in [2.05, 4.69) is 5.32 Å². The van der Waals surface area contributed by atoms with Crippen molar-refractivity contribution in [2.45, 2.75) is 6.92 Å². The number of carbonyl (C=O) groups excluding carboxylic acids is 1. The zero-order valence-corrected chi connectivity index (χ0v) is 9.86. The number of rotatable bonds is 2. The number of hydrogen-bond acceptors (Lipinski definition) is 3. The molecule has 0 saturated heterocycles. The van der Waals surface area contributed by atoms with Gasteiger partial charge in [0.2, 0.25) is 0 Å². The van der Waals surface area contributed by atoms with Crippen LogP contribution >= 0.6 is 0 Å². The molecule has 0 atom stereocenters. The Labute approximate surface area is 102 Å². The first-order valence-corrected chi connectivity index (χ1v) is 5.23. The first kappa shape index (κ1) is 12.1. The predicted molar refractivity (Wildman–Crippen MR) is 63.0 cm³/mol. The minimum Gasteiger partial charge on any atom is -0.336 e. The normalized spacial score (nSPS) is 10.4. The number of halogens is 1. The summed E-state index contributed by atoms with van der Waals surface area (Å²) in [4.78, 5) is 23.3. The van der Waals surface area contributed by atoms with Gasteiger partial charge in [-0.1, -0.05) is 12.1 Å². The molecule has 0 spiro atoms. The van der Waals surface area contributed by atoms with Crippen molar-refractivity contribution in [2.75, 3.05) is 5.32 Å². The first-order valence-electron chi connectivity index (χ1n) is 5.23. The Morgan fingerprint density at radius 2 is 2.06 bits per heavy atom. The van der Waals surface area contributed by atoms with Crippen LogP contribution < -0.4 is 10.9 Å². The Kier molecular flexibility index (Phi) is 3.01. The van der Waals surface area contributed by atoms with Crippen molar-refractivity contribution in [3.05, 3.63) is 51.8 Å². The zero-order chi connectivity index (χ0) is 13.3. The van der Waals surface area contributed by atoms with Gasteiger partial charge < -0.3 is 9.84 Å². The van der Waals surface area contributed by atoms with E-state index in [4.69, 9.17) is 4.52 Å². The summed E-state index contributed by atoms with van der Waals surface area (Å²) in [6.45, 7) is 1.57. The van der Waals surface area contributed by atoms with Gasteiger partial charge in [0.1, 0.15) is 11.4 Å². The molecule has 94 valence electrons. The largest absolute Gasteiger partial charge is 0.370 e. The average Bonchev–Trinajstić information content (AvgIpc) is 2.56. The smallest absolute Gasteiger partial charge is 0.336 e. The molecule has 1 aromatic heterocycles. The molecule has 0 radical (unpaired) electrons. The average molecular weight is 250 g/mol. The van der Waals surface area contributed by atoms with Gasteiger partial charge in [0.25, 0.3) is 5.91 Å². The molecule has 6 heteroatoms. The number of nitrogens with zero attached hydrogens (tertiary/aromatic N) is 1. The number of hydrogen-bond donors (Lipinski definition) is 1. The van der Waals surface area contributed by atoms with Gasteiger partial charge in [0, 0.05) is 7.05 Å². The van der Waals surface area contributed by atoms with E-state index in [-0.39, 0.29) is 11.3 Å². The fraction of sp³-hybridized carbons (Fsp3) is 0.167. The number of amides is 1. The second-order valence-corrected chi connectivity index (χ2v) is 3.77. The molecule has 0 aliphatic rings. The maximum atomic E-state index is 13.4. The number of aryl methyl sites for hydroxylation is 1. The van der Waals surface area contributed by atoms with Crippen LogP contribution in [0.3, 0.4) is 0 Å². The van der Waals surface area contributed by atoms with Crippen LogP contribution in [-0.4, -0.2) is 10.6 Å². The highest BCUT2D eigenvalue weighted by molar-refractivity contribution is 6.04. The van der Waals surface area contributed by atoms with Gasteiger partial charge in [-0.15, -0.1) is 0 Å². The van der Waals surface area contributed by atoms with Crippen LogP contribution in [0.2, 0.25) is 0 Å². The van der Waals surface area contributed by atoms with Gasteiger partial charge in [-0.05, 0) is 19.1 Å². The summed E-state index contributed by atoms with van der Waals surface area (Å²) in [7, 11) is 1.51. The van der Waals surface area contributed by atoms with E-state index in [9.17, 15) is 14.0 Å². The summed E-state index contributed by atoms with van der Waals surface area (Å²) in [6, 6.07) is 5.72. The summed E-state index contributed by atoms with van der Waals surface area (Å²) in [5, 5.41) is 2.33. The highest BCUT2D eigenvalue weighted by Crippen LogP contribution is 2.14. The van der Waals surface area contributed by atoms with Crippen LogP contribution in [0, 0.1) is 12.7 Å². The Morgan fingerprint density at radius 1 is 1.39 bits per heavy atom. The third kappa shape index (κ3) is 2.04. The maximum Gasteiger partial charge on any atom is 0.370 e. The molecule has 5 nitrogen and oxygen atoms in total. The Morgan fingerprint density at radius 3 is 2.61 bits per heavy atom. The predicted octanol–water partition coefficient (Wildman–Crippen LogP) is 1.68. The minimum absolute atomic E-state index is 0.0187.